The highest BCUT2D eigenvalue weighted by Crippen LogP contribution is 2.26. The molecule has 0 aliphatic carbocycles. The van der Waals surface area contributed by atoms with Crippen molar-refractivity contribution in [1.82, 2.24) is 0 Å². The molecule has 90 valence electrons. The lowest BCUT2D eigenvalue weighted by Gasteiger charge is -2.33. The van der Waals surface area contributed by atoms with Crippen LogP contribution in [0.4, 0.5) is 0 Å². The van der Waals surface area contributed by atoms with E-state index in [-0.39, 0.29) is 12.5 Å². The minimum absolute atomic E-state index is 0.106. The second kappa shape index (κ2) is 4.04. The molecule has 0 saturated carbocycles. The van der Waals surface area contributed by atoms with Crippen molar-refractivity contribution in [3.05, 3.63) is 23.8 Å². The number of hydrogen-bond acceptors (Lipinski definition) is 3. The second-order valence-electron chi connectivity index (χ2n) is 5.55. The Hall–Kier alpha value is -0.995. The zero-order valence-electron chi connectivity index (χ0n) is 10.4. The first-order valence-electron chi connectivity index (χ1n) is 6.13. The molecule has 2 aliphatic heterocycles. The van der Waals surface area contributed by atoms with Gasteiger partial charge in [-0.15, -0.1) is 0 Å². The molecule has 3 rings (SSSR count). The maximum absolute atomic E-state index is 5.80. The molecule has 0 bridgehead atoms. The largest absolute Gasteiger partial charge is 0.497 e. The maximum Gasteiger partial charge on any atom is 0.497 e. The van der Waals surface area contributed by atoms with E-state index in [0.717, 1.165) is 37.5 Å². The summed E-state index contributed by atoms with van der Waals surface area (Å²) in [4.78, 5) is 0. The van der Waals surface area contributed by atoms with Gasteiger partial charge in [0.1, 0.15) is 5.75 Å². The summed E-state index contributed by atoms with van der Waals surface area (Å²) in [6, 6.07) is 6.20. The van der Waals surface area contributed by atoms with Gasteiger partial charge in [0.2, 0.25) is 0 Å². The molecule has 2 heterocycles. The van der Waals surface area contributed by atoms with E-state index in [4.69, 9.17) is 14.0 Å². The first-order chi connectivity index (χ1) is 8.16. The molecule has 3 nitrogen and oxygen atoms in total. The Bertz CT molecular complexity index is 421. The molecule has 0 amide bonds. The van der Waals surface area contributed by atoms with Gasteiger partial charge in [-0.1, -0.05) is 32.0 Å². The van der Waals surface area contributed by atoms with E-state index in [0.29, 0.717) is 0 Å². The third-order valence-electron chi connectivity index (χ3n) is 3.25. The van der Waals surface area contributed by atoms with Crippen LogP contribution in [0, 0.1) is 5.41 Å². The average Bonchev–Trinajstić information content (AvgIpc) is 2.77. The van der Waals surface area contributed by atoms with Gasteiger partial charge in [0.15, 0.2) is 0 Å². The van der Waals surface area contributed by atoms with Crippen LogP contribution in [0.5, 0.6) is 5.75 Å². The molecule has 17 heavy (non-hydrogen) atoms. The molecule has 0 aromatic heterocycles. The third-order valence-corrected chi connectivity index (χ3v) is 3.25. The molecule has 2 aliphatic rings. The summed E-state index contributed by atoms with van der Waals surface area (Å²) in [5.41, 5.74) is 2.41. The van der Waals surface area contributed by atoms with Gasteiger partial charge in [-0.05, 0) is 5.56 Å². The van der Waals surface area contributed by atoms with E-state index in [1.54, 1.807) is 0 Å². The molecular formula is C13H17BO3. The normalized spacial score (nSPS) is 22.1. The Balaban J connectivity index is 1.84. The second-order valence-corrected chi connectivity index (χ2v) is 5.55. The summed E-state index contributed by atoms with van der Waals surface area (Å²) < 4.78 is 17.3. The third kappa shape index (κ3) is 2.07. The van der Waals surface area contributed by atoms with Crippen molar-refractivity contribution in [1.29, 1.82) is 0 Å². The van der Waals surface area contributed by atoms with Crippen LogP contribution in [0.25, 0.3) is 0 Å². The smallest absolute Gasteiger partial charge is 0.493 e. The summed E-state index contributed by atoms with van der Waals surface area (Å²) >= 11 is 0. The SMILES string of the molecule is CC1(C)COB(c2cccc3c2OCC3)OC1. The number of fused-ring (bicyclic) bond motifs is 1. The number of rotatable bonds is 1. The van der Waals surface area contributed by atoms with Gasteiger partial charge < -0.3 is 14.0 Å². The molecule has 1 aromatic rings. The zero-order chi connectivity index (χ0) is 11.9. The Morgan fingerprint density at radius 2 is 1.94 bits per heavy atom. The van der Waals surface area contributed by atoms with E-state index in [2.05, 4.69) is 26.0 Å². The Morgan fingerprint density at radius 3 is 2.71 bits per heavy atom. The maximum atomic E-state index is 5.80. The first-order valence-corrected chi connectivity index (χ1v) is 6.13. The van der Waals surface area contributed by atoms with Gasteiger partial charge >= 0.3 is 7.12 Å². The predicted molar refractivity (Wildman–Crippen MR) is 66.7 cm³/mol. The number of benzene rings is 1. The van der Waals surface area contributed by atoms with Crippen LogP contribution in [0.2, 0.25) is 0 Å². The average molecular weight is 232 g/mol. The first kappa shape index (κ1) is 11.1. The summed E-state index contributed by atoms with van der Waals surface area (Å²) in [7, 11) is -0.268. The Morgan fingerprint density at radius 1 is 1.18 bits per heavy atom. The molecule has 0 N–H and O–H groups in total. The molecule has 1 aromatic carbocycles. The van der Waals surface area contributed by atoms with Gasteiger partial charge in [0, 0.05) is 30.5 Å². The van der Waals surface area contributed by atoms with Crippen molar-refractivity contribution in [2.24, 2.45) is 5.41 Å². The minimum atomic E-state index is -0.268. The van der Waals surface area contributed by atoms with E-state index in [1.165, 1.54) is 5.56 Å². The van der Waals surface area contributed by atoms with Crippen LogP contribution in [0.3, 0.4) is 0 Å². The highest BCUT2D eigenvalue weighted by atomic mass is 16.6. The van der Waals surface area contributed by atoms with Crippen molar-refractivity contribution in [2.75, 3.05) is 19.8 Å². The van der Waals surface area contributed by atoms with E-state index in [9.17, 15) is 0 Å². The van der Waals surface area contributed by atoms with Crippen molar-refractivity contribution in [3.63, 3.8) is 0 Å². The van der Waals surface area contributed by atoms with E-state index >= 15 is 0 Å². The van der Waals surface area contributed by atoms with Crippen LogP contribution in [0.15, 0.2) is 18.2 Å². The molecule has 0 atom stereocenters. The van der Waals surface area contributed by atoms with E-state index in [1.807, 2.05) is 6.07 Å². The molecule has 1 fully saturated rings. The van der Waals surface area contributed by atoms with Crippen LogP contribution in [-0.4, -0.2) is 26.9 Å². The number of hydrogen-bond donors (Lipinski definition) is 0. The Labute approximate surface area is 102 Å². The summed E-state index contributed by atoms with van der Waals surface area (Å²) in [5, 5.41) is 0. The lowest BCUT2D eigenvalue weighted by Crippen LogP contribution is -2.47. The van der Waals surface area contributed by atoms with Crippen LogP contribution < -0.4 is 10.2 Å². The molecule has 0 unspecified atom stereocenters. The summed E-state index contributed by atoms with van der Waals surface area (Å²) in [6.07, 6.45) is 0.987. The van der Waals surface area contributed by atoms with Crippen LogP contribution in [-0.2, 0) is 15.7 Å². The number of para-hydroxylation sites is 1. The Kier molecular flexibility index (Phi) is 2.64. The fourth-order valence-electron chi connectivity index (χ4n) is 2.30. The van der Waals surface area contributed by atoms with Crippen molar-refractivity contribution in [2.45, 2.75) is 20.3 Å². The van der Waals surface area contributed by atoms with Crippen LogP contribution >= 0.6 is 0 Å². The highest BCUT2D eigenvalue weighted by Gasteiger charge is 2.36. The molecule has 0 radical (unpaired) electrons. The van der Waals surface area contributed by atoms with Crippen molar-refractivity contribution >= 4 is 12.6 Å². The predicted octanol–water partition coefficient (Wildman–Crippen LogP) is 1.39. The van der Waals surface area contributed by atoms with Crippen molar-refractivity contribution < 1.29 is 14.0 Å². The molecule has 0 spiro atoms. The van der Waals surface area contributed by atoms with Gasteiger partial charge in [-0.25, -0.2) is 0 Å². The lowest BCUT2D eigenvalue weighted by atomic mass is 9.74. The van der Waals surface area contributed by atoms with Gasteiger partial charge in [-0.3, -0.25) is 0 Å². The lowest BCUT2D eigenvalue weighted by molar-refractivity contribution is 0.0341. The van der Waals surface area contributed by atoms with E-state index < -0.39 is 0 Å². The quantitative estimate of drug-likeness (QED) is 0.685. The van der Waals surface area contributed by atoms with Gasteiger partial charge in [0.05, 0.1) is 6.61 Å². The topological polar surface area (TPSA) is 27.7 Å². The summed E-state index contributed by atoms with van der Waals surface area (Å²) in [6.45, 7) is 6.51. The zero-order valence-corrected chi connectivity index (χ0v) is 10.4. The highest BCUT2D eigenvalue weighted by molar-refractivity contribution is 6.62. The fourth-order valence-corrected chi connectivity index (χ4v) is 2.30. The molecule has 1 saturated heterocycles. The van der Waals surface area contributed by atoms with Crippen LogP contribution in [0.1, 0.15) is 19.4 Å². The minimum Gasteiger partial charge on any atom is -0.493 e. The van der Waals surface area contributed by atoms with Gasteiger partial charge in [-0.2, -0.15) is 0 Å². The van der Waals surface area contributed by atoms with Gasteiger partial charge in [0.25, 0.3) is 0 Å². The van der Waals surface area contributed by atoms with Crippen molar-refractivity contribution in [3.8, 4) is 5.75 Å². The molecular weight excluding hydrogens is 215 g/mol. The fraction of sp³-hybridized carbons (Fsp3) is 0.538. The summed E-state index contributed by atoms with van der Waals surface area (Å²) in [5.74, 6) is 0.970. The number of ether oxygens (including phenoxy) is 1. The molecule has 4 heteroatoms. The monoisotopic (exact) mass is 232 g/mol. The standard InChI is InChI=1S/C13H17BO3/c1-13(2)8-16-14(17-9-13)11-5-3-4-10-6-7-15-12(10)11/h3-5H,6-9H2,1-2H3.